The van der Waals surface area contributed by atoms with E-state index >= 15 is 0 Å². The van der Waals surface area contributed by atoms with E-state index in [1.165, 1.54) is 12.8 Å². The zero-order valence-electron chi connectivity index (χ0n) is 9.61. The molecule has 0 aliphatic carbocycles. The van der Waals surface area contributed by atoms with Gasteiger partial charge in [0.25, 0.3) is 0 Å². The molecule has 2 rings (SSSR count). The number of piperidine rings is 1. The van der Waals surface area contributed by atoms with E-state index in [2.05, 4.69) is 17.9 Å². The van der Waals surface area contributed by atoms with Crippen molar-refractivity contribution in [3.63, 3.8) is 0 Å². The number of nitriles is 1. The van der Waals surface area contributed by atoms with Gasteiger partial charge in [0.15, 0.2) is 0 Å². The molecule has 1 saturated heterocycles. The van der Waals surface area contributed by atoms with Crippen molar-refractivity contribution in [1.29, 1.82) is 5.26 Å². The molecule has 84 valence electrons. The zero-order valence-corrected chi connectivity index (χ0v) is 9.61. The third-order valence-corrected chi connectivity index (χ3v) is 3.14. The molecule has 0 bridgehead atoms. The van der Waals surface area contributed by atoms with Gasteiger partial charge in [-0.05, 0) is 37.0 Å². The molecule has 1 aliphatic heterocycles. The molecule has 16 heavy (non-hydrogen) atoms. The maximum absolute atomic E-state index is 9.11. The first kappa shape index (κ1) is 10.8. The van der Waals surface area contributed by atoms with Crippen molar-refractivity contribution in [2.24, 2.45) is 5.92 Å². The van der Waals surface area contributed by atoms with Gasteiger partial charge in [-0.3, -0.25) is 0 Å². The maximum Gasteiger partial charge on any atom is 0.101 e. The highest BCUT2D eigenvalue weighted by Crippen LogP contribution is 2.27. The molecule has 3 heteroatoms. The molecule has 1 aromatic rings. The number of nitrogens with two attached hydrogens (primary N) is 1. The Morgan fingerprint density at radius 3 is 3.00 bits per heavy atom. The van der Waals surface area contributed by atoms with Crippen LogP contribution in [0, 0.1) is 17.2 Å². The van der Waals surface area contributed by atoms with Crippen LogP contribution in [0.2, 0.25) is 0 Å². The van der Waals surface area contributed by atoms with Gasteiger partial charge >= 0.3 is 0 Å². The summed E-state index contributed by atoms with van der Waals surface area (Å²) in [4.78, 5) is 2.30. The van der Waals surface area contributed by atoms with Gasteiger partial charge in [-0.2, -0.15) is 5.26 Å². The Labute approximate surface area is 96.5 Å². The molecule has 0 saturated carbocycles. The van der Waals surface area contributed by atoms with Crippen LogP contribution in [-0.2, 0) is 0 Å². The Morgan fingerprint density at radius 2 is 2.31 bits per heavy atom. The standard InChI is InChI=1S/C13H17N3/c1-10-3-2-6-16(9-10)13-5-4-12(15)7-11(13)8-14/h4-5,7,10H,2-3,6,9,15H2,1H3/t10-/m0/s1. The molecule has 1 aliphatic rings. The first-order chi connectivity index (χ1) is 7.70. The molecule has 1 heterocycles. The van der Waals surface area contributed by atoms with E-state index in [1.807, 2.05) is 12.1 Å². The van der Waals surface area contributed by atoms with Crippen LogP contribution in [0.5, 0.6) is 0 Å². The second-order valence-corrected chi connectivity index (χ2v) is 4.58. The van der Waals surface area contributed by atoms with Crippen molar-refractivity contribution < 1.29 is 0 Å². The molecule has 0 aromatic heterocycles. The summed E-state index contributed by atoms with van der Waals surface area (Å²) in [5.74, 6) is 0.706. The number of rotatable bonds is 1. The molecule has 1 aromatic carbocycles. The highest BCUT2D eigenvalue weighted by molar-refractivity contribution is 5.64. The van der Waals surface area contributed by atoms with E-state index < -0.39 is 0 Å². The van der Waals surface area contributed by atoms with E-state index in [0.717, 1.165) is 18.8 Å². The molecule has 1 atom stereocenters. The quantitative estimate of drug-likeness (QED) is 0.732. The third kappa shape index (κ3) is 2.11. The average molecular weight is 215 g/mol. The summed E-state index contributed by atoms with van der Waals surface area (Å²) in [6.07, 6.45) is 2.49. The van der Waals surface area contributed by atoms with Crippen LogP contribution in [0.25, 0.3) is 0 Å². The van der Waals surface area contributed by atoms with Gasteiger partial charge in [0.1, 0.15) is 6.07 Å². The van der Waals surface area contributed by atoms with Crippen molar-refractivity contribution in [3.8, 4) is 6.07 Å². The molecular weight excluding hydrogens is 198 g/mol. The van der Waals surface area contributed by atoms with Crippen LogP contribution >= 0.6 is 0 Å². The summed E-state index contributed by atoms with van der Waals surface area (Å²) in [7, 11) is 0. The Balaban J connectivity index is 2.29. The molecule has 0 spiro atoms. The lowest BCUT2D eigenvalue weighted by Crippen LogP contribution is -2.34. The lowest BCUT2D eigenvalue weighted by Gasteiger charge is -2.33. The molecular formula is C13H17N3. The highest BCUT2D eigenvalue weighted by Gasteiger charge is 2.18. The minimum Gasteiger partial charge on any atom is -0.399 e. The van der Waals surface area contributed by atoms with Gasteiger partial charge in [0, 0.05) is 18.8 Å². The van der Waals surface area contributed by atoms with E-state index in [0.29, 0.717) is 17.2 Å². The summed E-state index contributed by atoms with van der Waals surface area (Å²) >= 11 is 0. The third-order valence-electron chi connectivity index (χ3n) is 3.14. The SMILES string of the molecule is C[C@H]1CCCN(c2ccc(N)cc2C#N)C1. The van der Waals surface area contributed by atoms with Gasteiger partial charge in [0.05, 0.1) is 11.3 Å². The fraction of sp³-hybridized carbons (Fsp3) is 0.462. The normalized spacial score (nSPS) is 20.5. The number of hydrogen-bond acceptors (Lipinski definition) is 3. The van der Waals surface area contributed by atoms with E-state index in [1.54, 1.807) is 6.07 Å². The number of anilines is 2. The lowest BCUT2D eigenvalue weighted by molar-refractivity contribution is 0.446. The molecule has 2 N–H and O–H groups in total. The van der Waals surface area contributed by atoms with Crippen LogP contribution in [-0.4, -0.2) is 13.1 Å². The van der Waals surface area contributed by atoms with E-state index in [9.17, 15) is 0 Å². The van der Waals surface area contributed by atoms with E-state index in [4.69, 9.17) is 11.0 Å². The van der Waals surface area contributed by atoms with Crippen molar-refractivity contribution in [2.75, 3.05) is 23.7 Å². The van der Waals surface area contributed by atoms with Crippen molar-refractivity contribution in [1.82, 2.24) is 0 Å². The molecule has 3 nitrogen and oxygen atoms in total. The Kier molecular flexibility index (Phi) is 3.00. The largest absolute Gasteiger partial charge is 0.399 e. The minimum atomic E-state index is 0.658. The predicted octanol–water partition coefficient (Wildman–Crippen LogP) is 2.38. The summed E-state index contributed by atoms with van der Waals surface area (Å²) in [6.45, 7) is 4.34. The number of benzene rings is 1. The maximum atomic E-state index is 9.11. The van der Waals surface area contributed by atoms with Crippen LogP contribution in [0.4, 0.5) is 11.4 Å². The van der Waals surface area contributed by atoms with Crippen molar-refractivity contribution in [3.05, 3.63) is 23.8 Å². The number of nitrogens with zero attached hydrogens (tertiary/aromatic N) is 2. The Hall–Kier alpha value is -1.69. The van der Waals surface area contributed by atoms with Gasteiger partial charge in [-0.1, -0.05) is 6.92 Å². The highest BCUT2D eigenvalue weighted by atomic mass is 15.1. The van der Waals surface area contributed by atoms with Crippen molar-refractivity contribution in [2.45, 2.75) is 19.8 Å². The van der Waals surface area contributed by atoms with Crippen LogP contribution < -0.4 is 10.6 Å². The van der Waals surface area contributed by atoms with Gasteiger partial charge in [-0.15, -0.1) is 0 Å². The Morgan fingerprint density at radius 1 is 1.50 bits per heavy atom. The predicted molar refractivity (Wildman–Crippen MR) is 66.2 cm³/mol. The second-order valence-electron chi connectivity index (χ2n) is 4.58. The van der Waals surface area contributed by atoms with Crippen molar-refractivity contribution >= 4 is 11.4 Å². The molecule has 0 radical (unpaired) electrons. The summed E-state index contributed by atoms with van der Waals surface area (Å²) in [5.41, 5.74) is 8.07. The monoisotopic (exact) mass is 215 g/mol. The fourth-order valence-electron chi connectivity index (χ4n) is 2.33. The number of hydrogen-bond donors (Lipinski definition) is 1. The van der Waals surface area contributed by atoms with Crippen LogP contribution in [0.15, 0.2) is 18.2 Å². The average Bonchev–Trinajstić information content (AvgIpc) is 2.28. The first-order valence-electron chi connectivity index (χ1n) is 5.75. The molecule has 0 amide bonds. The van der Waals surface area contributed by atoms with Gasteiger partial charge in [0.2, 0.25) is 0 Å². The van der Waals surface area contributed by atoms with E-state index in [-0.39, 0.29) is 0 Å². The smallest absolute Gasteiger partial charge is 0.101 e. The lowest BCUT2D eigenvalue weighted by atomic mass is 9.99. The van der Waals surface area contributed by atoms with Crippen LogP contribution in [0.3, 0.4) is 0 Å². The molecule has 1 fully saturated rings. The molecule has 0 unspecified atom stereocenters. The van der Waals surface area contributed by atoms with Gasteiger partial charge < -0.3 is 10.6 Å². The Bertz CT molecular complexity index is 420. The second kappa shape index (κ2) is 4.44. The summed E-state index contributed by atoms with van der Waals surface area (Å²) in [6, 6.07) is 7.82. The summed E-state index contributed by atoms with van der Waals surface area (Å²) in [5, 5.41) is 9.11. The van der Waals surface area contributed by atoms with Crippen LogP contribution in [0.1, 0.15) is 25.3 Å². The topological polar surface area (TPSA) is 53.0 Å². The fourth-order valence-corrected chi connectivity index (χ4v) is 2.33. The van der Waals surface area contributed by atoms with Gasteiger partial charge in [-0.25, -0.2) is 0 Å². The number of nitrogen functional groups attached to an aromatic ring is 1. The zero-order chi connectivity index (χ0) is 11.5. The summed E-state index contributed by atoms with van der Waals surface area (Å²) < 4.78 is 0. The minimum absolute atomic E-state index is 0.658. The first-order valence-corrected chi connectivity index (χ1v) is 5.75.